The minimum atomic E-state index is -1.36. The van der Waals surface area contributed by atoms with Crippen molar-refractivity contribution in [3.05, 3.63) is 17.5 Å². The maximum absolute atomic E-state index is 10.5. The molecule has 1 rings (SSSR count). The zero-order valence-corrected chi connectivity index (χ0v) is 7.71. The fourth-order valence-corrected chi connectivity index (χ4v) is 1.13. The summed E-state index contributed by atoms with van der Waals surface area (Å²) in [7, 11) is 0. The van der Waals surface area contributed by atoms with Gasteiger partial charge in [-0.05, 0) is 0 Å². The predicted octanol–water partition coefficient (Wildman–Crippen LogP) is -1.45. The first kappa shape index (κ1) is 11.2. The van der Waals surface area contributed by atoms with Gasteiger partial charge in [0.1, 0.15) is 17.9 Å². The van der Waals surface area contributed by atoms with Gasteiger partial charge in [-0.25, -0.2) is 0 Å². The van der Waals surface area contributed by atoms with Crippen molar-refractivity contribution in [2.45, 2.75) is 18.6 Å². The van der Waals surface area contributed by atoms with Crippen LogP contribution in [0.2, 0.25) is 0 Å². The van der Waals surface area contributed by atoms with E-state index in [-0.39, 0.29) is 17.7 Å². The molecule has 0 radical (unpaired) electrons. The van der Waals surface area contributed by atoms with Gasteiger partial charge >= 0.3 is 0 Å². The molecule has 0 spiro atoms. The van der Waals surface area contributed by atoms with E-state index in [1.54, 1.807) is 6.07 Å². The Hall–Kier alpha value is -1.91. The van der Waals surface area contributed by atoms with E-state index >= 15 is 0 Å². The number of hydrogen-bond donors (Lipinski definition) is 4. The maximum atomic E-state index is 10.5. The molecule has 80 valence electrons. The van der Waals surface area contributed by atoms with Gasteiger partial charge < -0.3 is 15.9 Å². The lowest BCUT2D eigenvalue weighted by Crippen LogP contribution is -2.25. The number of aliphatic hydroxyl groups excluding tert-OH is 2. The third-order valence-corrected chi connectivity index (χ3v) is 1.87. The first-order chi connectivity index (χ1) is 7.06. The van der Waals surface area contributed by atoms with Crippen LogP contribution in [0.15, 0.2) is 6.20 Å². The molecule has 5 N–H and O–H groups in total. The van der Waals surface area contributed by atoms with Crippen LogP contribution < -0.4 is 5.73 Å². The average molecular weight is 210 g/mol. The van der Waals surface area contributed by atoms with Crippen LogP contribution in [0.25, 0.3) is 0 Å². The Morgan fingerprint density at radius 2 is 2.40 bits per heavy atom. The Bertz CT molecular complexity index is 395. The summed E-state index contributed by atoms with van der Waals surface area (Å²) in [4.78, 5) is 10.5. The highest BCUT2D eigenvalue weighted by Gasteiger charge is 2.23. The van der Waals surface area contributed by atoms with E-state index in [2.05, 4.69) is 10.2 Å². The molecular weight excluding hydrogens is 200 g/mol. The van der Waals surface area contributed by atoms with E-state index in [0.717, 1.165) is 0 Å². The van der Waals surface area contributed by atoms with Crippen LogP contribution in [0.1, 0.15) is 23.8 Å². The van der Waals surface area contributed by atoms with Crippen LogP contribution in [0.5, 0.6) is 0 Å². The number of aromatic amines is 1. The Balaban J connectivity index is 2.80. The van der Waals surface area contributed by atoms with Gasteiger partial charge in [-0.3, -0.25) is 9.89 Å². The van der Waals surface area contributed by atoms with Crippen LogP contribution in [-0.4, -0.2) is 32.4 Å². The molecule has 0 saturated carbocycles. The smallest absolute Gasteiger partial charge is 0.220 e. The van der Waals surface area contributed by atoms with E-state index < -0.39 is 18.1 Å². The lowest BCUT2D eigenvalue weighted by molar-refractivity contribution is -0.121. The molecule has 0 fully saturated rings. The second-order valence-electron chi connectivity index (χ2n) is 2.99. The van der Waals surface area contributed by atoms with Crippen LogP contribution in [0.3, 0.4) is 0 Å². The molecule has 7 nitrogen and oxygen atoms in total. The Morgan fingerprint density at radius 1 is 1.73 bits per heavy atom. The fraction of sp³-hybridized carbons (Fsp3) is 0.375. The number of hydrogen-bond acceptors (Lipinski definition) is 5. The molecule has 0 bridgehead atoms. The molecule has 7 heteroatoms. The number of carbonyl (C=O) groups excluding carboxylic acids is 1. The standard InChI is InChI=1S/C8H10N4O3/c9-2-5-4(3-11-12-5)8(15)6(13)1-7(10)14/h3,6,8,13,15H,1H2,(H2,10,14)(H,11,12). The quantitative estimate of drug-likeness (QED) is 0.482. The van der Waals surface area contributed by atoms with E-state index in [0.29, 0.717) is 0 Å². The zero-order valence-electron chi connectivity index (χ0n) is 7.71. The van der Waals surface area contributed by atoms with Crippen LogP contribution in [0.4, 0.5) is 0 Å². The number of H-pyrrole nitrogens is 1. The van der Waals surface area contributed by atoms with Crippen molar-refractivity contribution in [3.63, 3.8) is 0 Å². The molecule has 0 aliphatic rings. The average Bonchev–Trinajstić information content (AvgIpc) is 2.62. The third-order valence-electron chi connectivity index (χ3n) is 1.87. The van der Waals surface area contributed by atoms with Crippen LogP contribution >= 0.6 is 0 Å². The van der Waals surface area contributed by atoms with Gasteiger partial charge in [-0.2, -0.15) is 10.4 Å². The Labute approximate surface area is 85.1 Å². The van der Waals surface area contributed by atoms with Crippen molar-refractivity contribution in [2.24, 2.45) is 5.73 Å². The summed E-state index contributed by atoms with van der Waals surface area (Å²) in [6, 6.07) is 1.76. The predicted molar refractivity (Wildman–Crippen MR) is 48.1 cm³/mol. The molecule has 1 aromatic heterocycles. The summed E-state index contributed by atoms with van der Waals surface area (Å²) < 4.78 is 0. The van der Waals surface area contributed by atoms with Crippen molar-refractivity contribution in [1.29, 1.82) is 5.26 Å². The third kappa shape index (κ3) is 2.52. The molecule has 1 aromatic rings. The number of aromatic nitrogens is 2. The lowest BCUT2D eigenvalue weighted by Gasteiger charge is -2.14. The number of rotatable bonds is 4. The number of nitrogens with zero attached hydrogens (tertiary/aromatic N) is 2. The van der Waals surface area contributed by atoms with Gasteiger partial charge in [0.15, 0.2) is 0 Å². The zero-order chi connectivity index (χ0) is 11.4. The number of carbonyl (C=O) groups is 1. The Morgan fingerprint density at radius 3 is 2.93 bits per heavy atom. The maximum Gasteiger partial charge on any atom is 0.220 e. The van der Waals surface area contributed by atoms with Crippen LogP contribution in [0, 0.1) is 11.3 Å². The highest BCUT2D eigenvalue weighted by atomic mass is 16.3. The fourth-order valence-electron chi connectivity index (χ4n) is 1.13. The molecule has 2 unspecified atom stereocenters. The highest BCUT2D eigenvalue weighted by molar-refractivity contribution is 5.74. The molecular formula is C8H10N4O3. The first-order valence-electron chi connectivity index (χ1n) is 4.14. The van der Waals surface area contributed by atoms with Gasteiger partial charge in [-0.15, -0.1) is 0 Å². The molecule has 0 aromatic carbocycles. The summed E-state index contributed by atoms with van der Waals surface area (Å²) in [5.74, 6) is -0.733. The largest absolute Gasteiger partial charge is 0.390 e. The monoisotopic (exact) mass is 210 g/mol. The molecule has 1 amide bonds. The SMILES string of the molecule is N#Cc1[nH]ncc1C(O)C(O)CC(N)=O. The molecule has 0 saturated heterocycles. The van der Waals surface area contributed by atoms with Gasteiger partial charge in [0.2, 0.25) is 5.91 Å². The number of aliphatic hydroxyl groups is 2. The summed E-state index contributed by atoms with van der Waals surface area (Å²) >= 11 is 0. The van der Waals surface area contributed by atoms with Crippen LogP contribution in [-0.2, 0) is 4.79 Å². The van der Waals surface area contributed by atoms with Gasteiger partial charge in [-0.1, -0.05) is 0 Å². The molecule has 15 heavy (non-hydrogen) atoms. The van der Waals surface area contributed by atoms with Crippen molar-refractivity contribution >= 4 is 5.91 Å². The van der Waals surface area contributed by atoms with E-state index in [1.807, 2.05) is 0 Å². The topological polar surface area (TPSA) is 136 Å². The summed E-state index contributed by atoms with van der Waals surface area (Å²) in [5.41, 5.74) is 5.05. The molecule has 0 aliphatic heterocycles. The molecule has 0 aliphatic carbocycles. The van der Waals surface area contributed by atoms with Crippen molar-refractivity contribution in [1.82, 2.24) is 10.2 Å². The van der Waals surface area contributed by atoms with Crippen molar-refractivity contribution in [2.75, 3.05) is 0 Å². The Kier molecular flexibility index (Phi) is 3.38. The number of primary amides is 1. The minimum absolute atomic E-state index is 0.0472. The number of nitriles is 1. The molecule has 2 atom stereocenters. The summed E-state index contributed by atoms with van der Waals surface area (Å²) in [5, 5.41) is 33.4. The van der Waals surface area contributed by atoms with E-state index in [9.17, 15) is 15.0 Å². The second-order valence-corrected chi connectivity index (χ2v) is 2.99. The van der Waals surface area contributed by atoms with Gasteiger partial charge in [0.25, 0.3) is 0 Å². The molecule has 1 heterocycles. The summed E-state index contributed by atoms with van der Waals surface area (Å²) in [6.07, 6.45) is -1.86. The minimum Gasteiger partial charge on any atom is -0.390 e. The number of amides is 1. The first-order valence-corrected chi connectivity index (χ1v) is 4.14. The summed E-state index contributed by atoms with van der Waals surface area (Å²) in [6.45, 7) is 0. The van der Waals surface area contributed by atoms with Crippen molar-refractivity contribution < 1.29 is 15.0 Å². The van der Waals surface area contributed by atoms with E-state index in [4.69, 9.17) is 11.0 Å². The normalized spacial score (nSPS) is 14.2. The highest BCUT2D eigenvalue weighted by Crippen LogP contribution is 2.20. The second kappa shape index (κ2) is 4.54. The van der Waals surface area contributed by atoms with Gasteiger partial charge in [0, 0.05) is 5.56 Å². The number of nitrogens with two attached hydrogens (primary N) is 1. The van der Waals surface area contributed by atoms with Crippen molar-refractivity contribution in [3.8, 4) is 6.07 Å². The van der Waals surface area contributed by atoms with E-state index in [1.165, 1.54) is 6.20 Å². The lowest BCUT2D eigenvalue weighted by atomic mass is 10.0. The number of nitrogens with one attached hydrogen (secondary N) is 1. The van der Waals surface area contributed by atoms with Gasteiger partial charge in [0.05, 0.1) is 18.7 Å².